The molecule has 1 fully saturated rings. The number of rotatable bonds is 4. The summed E-state index contributed by atoms with van der Waals surface area (Å²) in [6, 6.07) is 0. The third-order valence-corrected chi connectivity index (χ3v) is 4.13. The van der Waals surface area contributed by atoms with E-state index in [0.717, 1.165) is 0 Å². The molecular formula is C9H18N2O4S. The fraction of sp³-hybridized carbons (Fsp3) is 0.889. The first-order valence-electron chi connectivity index (χ1n) is 5.36. The van der Waals surface area contributed by atoms with Gasteiger partial charge in [0.2, 0.25) is 0 Å². The Morgan fingerprint density at radius 1 is 1.56 bits per heavy atom. The van der Waals surface area contributed by atoms with Crippen molar-refractivity contribution in [2.75, 3.05) is 26.7 Å². The minimum atomic E-state index is -3.43. The molecule has 1 aliphatic heterocycles. The lowest BCUT2D eigenvalue weighted by Gasteiger charge is -2.30. The number of carbonyl (C=O) groups is 1. The Kier molecular flexibility index (Phi) is 4.69. The van der Waals surface area contributed by atoms with Gasteiger partial charge in [0.25, 0.3) is 10.2 Å². The van der Waals surface area contributed by atoms with Crippen LogP contribution in [0.3, 0.4) is 0 Å². The van der Waals surface area contributed by atoms with Crippen molar-refractivity contribution in [3.63, 3.8) is 0 Å². The Bertz CT molecular complexity index is 341. The number of carbonyl (C=O) groups excluding carboxylic acids is 1. The number of ether oxygens (including phenoxy) is 1. The lowest BCUT2D eigenvalue weighted by Crippen LogP contribution is -2.46. The summed E-state index contributed by atoms with van der Waals surface area (Å²) in [5, 5.41) is 0. The van der Waals surface area contributed by atoms with Crippen LogP contribution < -0.4 is 4.72 Å². The minimum absolute atomic E-state index is 0.210. The molecule has 1 N–H and O–H groups in total. The van der Waals surface area contributed by atoms with Gasteiger partial charge in [-0.15, -0.1) is 0 Å². The molecule has 1 aliphatic rings. The van der Waals surface area contributed by atoms with Crippen molar-refractivity contribution in [3.8, 4) is 0 Å². The van der Waals surface area contributed by atoms with Crippen LogP contribution >= 0.6 is 0 Å². The first-order valence-corrected chi connectivity index (χ1v) is 6.80. The highest BCUT2D eigenvalue weighted by Gasteiger charge is 2.32. The topological polar surface area (TPSA) is 75.7 Å². The molecule has 1 atom stereocenters. The van der Waals surface area contributed by atoms with E-state index >= 15 is 0 Å². The van der Waals surface area contributed by atoms with Crippen molar-refractivity contribution in [3.05, 3.63) is 0 Å². The van der Waals surface area contributed by atoms with Crippen molar-refractivity contribution < 1.29 is 17.9 Å². The lowest BCUT2D eigenvalue weighted by molar-refractivity contribution is -0.149. The molecule has 1 rings (SSSR count). The predicted molar refractivity (Wildman–Crippen MR) is 58.9 cm³/mol. The first kappa shape index (κ1) is 13.4. The van der Waals surface area contributed by atoms with Gasteiger partial charge in [-0.25, -0.2) is 4.72 Å². The molecular weight excluding hydrogens is 232 g/mol. The van der Waals surface area contributed by atoms with Crippen LogP contribution in [0.15, 0.2) is 0 Å². The van der Waals surface area contributed by atoms with E-state index in [1.807, 2.05) is 0 Å². The number of nitrogens with zero attached hydrogens (tertiary/aromatic N) is 1. The van der Waals surface area contributed by atoms with Gasteiger partial charge in [0, 0.05) is 20.1 Å². The van der Waals surface area contributed by atoms with Crippen LogP contribution in [0.5, 0.6) is 0 Å². The molecule has 0 aliphatic carbocycles. The van der Waals surface area contributed by atoms with Crippen molar-refractivity contribution in [2.45, 2.75) is 19.8 Å². The Morgan fingerprint density at radius 3 is 2.81 bits per heavy atom. The summed E-state index contributed by atoms with van der Waals surface area (Å²) in [4.78, 5) is 11.5. The summed E-state index contributed by atoms with van der Waals surface area (Å²) in [5.41, 5.74) is 0. The third kappa shape index (κ3) is 3.16. The van der Waals surface area contributed by atoms with Gasteiger partial charge in [0.1, 0.15) is 0 Å². The van der Waals surface area contributed by atoms with E-state index in [4.69, 9.17) is 4.74 Å². The Balaban J connectivity index is 2.64. The molecule has 1 heterocycles. The third-order valence-electron chi connectivity index (χ3n) is 2.60. The van der Waals surface area contributed by atoms with Gasteiger partial charge >= 0.3 is 5.97 Å². The van der Waals surface area contributed by atoms with Crippen LogP contribution in [0.2, 0.25) is 0 Å². The van der Waals surface area contributed by atoms with Crippen molar-refractivity contribution in [1.29, 1.82) is 0 Å². The molecule has 0 spiro atoms. The van der Waals surface area contributed by atoms with E-state index in [0.29, 0.717) is 26.0 Å². The summed E-state index contributed by atoms with van der Waals surface area (Å²) in [6.07, 6.45) is 1.37. The van der Waals surface area contributed by atoms with E-state index in [1.165, 1.54) is 11.4 Å². The van der Waals surface area contributed by atoms with Crippen LogP contribution in [-0.2, 0) is 19.7 Å². The van der Waals surface area contributed by atoms with Gasteiger partial charge in [-0.2, -0.15) is 12.7 Å². The van der Waals surface area contributed by atoms with E-state index in [2.05, 4.69) is 4.72 Å². The Labute approximate surface area is 96.1 Å². The quantitative estimate of drug-likeness (QED) is 0.697. The average molecular weight is 250 g/mol. The second-order valence-electron chi connectivity index (χ2n) is 3.66. The van der Waals surface area contributed by atoms with Crippen LogP contribution in [0.1, 0.15) is 19.8 Å². The second kappa shape index (κ2) is 5.60. The van der Waals surface area contributed by atoms with Gasteiger partial charge in [0.05, 0.1) is 12.5 Å². The number of piperidine rings is 1. The molecule has 6 nitrogen and oxygen atoms in total. The molecule has 0 bridgehead atoms. The van der Waals surface area contributed by atoms with Gasteiger partial charge in [-0.05, 0) is 19.8 Å². The standard InChI is InChI=1S/C9H18N2O4S/c1-3-15-9(12)8-5-4-6-11(7-8)16(13,14)10-2/h8,10H,3-7H2,1-2H3. The van der Waals surface area contributed by atoms with Gasteiger partial charge < -0.3 is 4.74 Å². The van der Waals surface area contributed by atoms with Crippen LogP contribution in [0, 0.1) is 5.92 Å². The molecule has 7 heteroatoms. The van der Waals surface area contributed by atoms with Crippen LogP contribution in [0.25, 0.3) is 0 Å². The zero-order valence-corrected chi connectivity index (χ0v) is 10.4. The molecule has 1 saturated heterocycles. The van der Waals surface area contributed by atoms with E-state index in [1.54, 1.807) is 6.92 Å². The largest absolute Gasteiger partial charge is 0.466 e. The van der Waals surface area contributed by atoms with E-state index in [-0.39, 0.29) is 18.4 Å². The highest BCUT2D eigenvalue weighted by molar-refractivity contribution is 7.87. The number of hydrogen-bond donors (Lipinski definition) is 1. The molecule has 0 aromatic heterocycles. The van der Waals surface area contributed by atoms with Crippen molar-refractivity contribution in [1.82, 2.24) is 9.03 Å². The molecule has 0 amide bonds. The van der Waals surface area contributed by atoms with Gasteiger partial charge in [0.15, 0.2) is 0 Å². The number of hydrogen-bond acceptors (Lipinski definition) is 4. The van der Waals surface area contributed by atoms with Gasteiger partial charge in [-0.1, -0.05) is 0 Å². The zero-order chi connectivity index (χ0) is 12.2. The summed E-state index contributed by atoms with van der Waals surface area (Å²) >= 11 is 0. The summed E-state index contributed by atoms with van der Waals surface area (Å²) < 4.78 is 31.5. The monoisotopic (exact) mass is 250 g/mol. The molecule has 94 valence electrons. The normalized spacial score (nSPS) is 23.0. The predicted octanol–water partition coefficient (Wildman–Crippen LogP) is -0.274. The molecule has 1 unspecified atom stereocenters. The van der Waals surface area contributed by atoms with E-state index in [9.17, 15) is 13.2 Å². The average Bonchev–Trinajstić information content (AvgIpc) is 2.29. The minimum Gasteiger partial charge on any atom is -0.466 e. The first-order chi connectivity index (χ1) is 7.51. The maximum Gasteiger partial charge on any atom is 0.310 e. The Morgan fingerprint density at radius 2 is 2.25 bits per heavy atom. The molecule has 0 aromatic rings. The maximum absolute atomic E-state index is 11.5. The fourth-order valence-corrected chi connectivity index (χ4v) is 2.75. The summed E-state index contributed by atoms with van der Waals surface area (Å²) in [5.74, 6) is -0.643. The molecule has 0 aromatic carbocycles. The smallest absolute Gasteiger partial charge is 0.310 e. The highest BCUT2D eigenvalue weighted by atomic mass is 32.2. The SMILES string of the molecule is CCOC(=O)C1CCCN(S(=O)(=O)NC)C1. The molecule has 16 heavy (non-hydrogen) atoms. The fourth-order valence-electron chi connectivity index (χ4n) is 1.74. The zero-order valence-electron chi connectivity index (χ0n) is 9.60. The summed E-state index contributed by atoms with van der Waals surface area (Å²) in [6.45, 7) is 2.73. The second-order valence-corrected chi connectivity index (χ2v) is 5.53. The van der Waals surface area contributed by atoms with Crippen molar-refractivity contribution >= 4 is 16.2 Å². The van der Waals surface area contributed by atoms with Gasteiger partial charge in [-0.3, -0.25) is 4.79 Å². The molecule has 0 saturated carbocycles. The molecule has 0 radical (unpaired) electrons. The highest BCUT2D eigenvalue weighted by Crippen LogP contribution is 2.19. The van der Waals surface area contributed by atoms with E-state index < -0.39 is 10.2 Å². The maximum atomic E-state index is 11.5. The number of esters is 1. The van der Waals surface area contributed by atoms with Crippen LogP contribution in [0.4, 0.5) is 0 Å². The summed E-state index contributed by atoms with van der Waals surface area (Å²) in [7, 11) is -2.06. The number of nitrogens with one attached hydrogen (secondary N) is 1. The van der Waals surface area contributed by atoms with Crippen molar-refractivity contribution in [2.24, 2.45) is 5.92 Å². The lowest BCUT2D eigenvalue weighted by atomic mass is 10.0. The Hall–Kier alpha value is -0.660. The van der Waals surface area contributed by atoms with Crippen LogP contribution in [-0.4, -0.2) is 45.4 Å².